The number of aryl methyl sites for hydroxylation is 1. The van der Waals surface area contributed by atoms with Crippen molar-refractivity contribution in [2.75, 3.05) is 18.4 Å². The Hall–Kier alpha value is -3.00. The first-order valence-electron chi connectivity index (χ1n) is 9.12. The Labute approximate surface area is 166 Å². The van der Waals surface area contributed by atoms with E-state index in [2.05, 4.69) is 15.3 Å². The lowest BCUT2D eigenvalue weighted by Crippen LogP contribution is -2.43. The number of nitrogens with one attached hydrogen (secondary N) is 1. The number of carboxylic acids is 1. The molecule has 0 radical (unpaired) electrons. The van der Waals surface area contributed by atoms with E-state index in [0.717, 1.165) is 20.7 Å². The van der Waals surface area contributed by atoms with E-state index in [1.54, 1.807) is 11.3 Å². The molecule has 1 atom stereocenters. The Morgan fingerprint density at radius 2 is 2.07 bits per heavy atom. The van der Waals surface area contributed by atoms with Crippen molar-refractivity contribution >= 4 is 39.2 Å². The van der Waals surface area contributed by atoms with Crippen LogP contribution < -0.4 is 5.32 Å². The second kappa shape index (κ2) is 7.55. The van der Waals surface area contributed by atoms with Gasteiger partial charge in [-0.1, -0.05) is 30.3 Å². The number of carbonyl (C=O) groups is 2. The Bertz CT molecular complexity index is 1030. The molecule has 1 saturated heterocycles. The summed E-state index contributed by atoms with van der Waals surface area (Å²) < 4.78 is 0. The molecular weight excluding hydrogens is 376 g/mol. The number of likely N-dealkylation sites (tertiary alicyclic amines) is 1. The number of amides is 1. The molecule has 28 heavy (non-hydrogen) atoms. The second-order valence-corrected chi connectivity index (χ2v) is 7.78. The summed E-state index contributed by atoms with van der Waals surface area (Å²) in [6, 6.07) is 11.3. The van der Waals surface area contributed by atoms with Gasteiger partial charge < -0.3 is 15.3 Å². The van der Waals surface area contributed by atoms with Gasteiger partial charge in [0, 0.05) is 11.4 Å². The molecule has 7 nitrogen and oxygen atoms in total. The lowest BCUT2D eigenvalue weighted by molar-refractivity contribution is -0.147. The molecule has 3 aromatic rings. The van der Waals surface area contributed by atoms with Gasteiger partial charge in [0.25, 0.3) is 0 Å². The highest BCUT2D eigenvalue weighted by atomic mass is 32.1. The van der Waals surface area contributed by atoms with E-state index in [9.17, 15) is 14.7 Å². The van der Waals surface area contributed by atoms with Crippen molar-refractivity contribution in [3.05, 3.63) is 42.2 Å². The molecule has 8 heteroatoms. The zero-order valence-electron chi connectivity index (χ0n) is 15.4. The van der Waals surface area contributed by atoms with Gasteiger partial charge in [0.15, 0.2) is 0 Å². The number of nitrogens with zero attached hydrogens (tertiary/aromatic N) is 3. The maximum atomic E-state index is 12.5. The highest BCUT2D eigenvalue weighted by Gasteiger charge is 2.33. The first-order chi connectivity index (χ1) is 13.5. The van der Waals surface area contributed by atoms with Crippen molar-refractivity contribution in [2.45, 2.75) is 25.8 Å². The number of anilines is 1. The zero-order valence-corrected chi connectivity index (χ0v) is 16.2. The molecule has 1 fully saturated rings. The van der Waals surface area contributed by atoms with E-state index in [-0.39, 0.29) is 12.5 Å². The fourth-order valence-corrected chi connectivity index (χ4v) is 4.57. The minimum Gasteiger partial charge on any atom is -0.480 e. The number of aliphatic carboxylic acids is 1. The van der Waals surface area contributed by atoms with Crippen molar-refractivity contribution in [1.82, 2.24) is 14.9 Å². The molecule has 3 heterocycles. The molecule has 0 bridgehead atoms. The van der Waals surface area contributed by atoms with E-state index < -0.39 is 12.0 Å². The molecule has 0 spiro atoms. The summed E-state index contributed by atoms with van der Waals surface area (Å²) in [5.41, 5.74) is 1.10. The fraction of sp³-hybridized carbons (Fsp3) is 0.300. The number of hydrogen-bond acceptors (Lipinski definition) is 6. The molecule has 1 aliphatic rings. The first-order valence-corrected chi connectivity index (χ1v) is 9.94. The number of carbonyl (C=O) groups excluding carboxylic acids is 1. The summed E-state index contributed by atoms with van der Waals surface area (Å²) >= 11 is 1.58. The lowest BCUT2D eigenvalue weighted by atomic mass is 10.2. The molecule has 1 aliphatic heterocycles. The van der Waals surface area contributed by atoms with Crippen molar-refractivity contribution in [3.63, 3.8) is 0 Å². The quantitative estimate of drug-likeness (QED) is 0.688. The van der Waals surface area contributed by atoms with Crippen LogP contribution in [0.4, 0.5) is 5.82 Å². The molecular formula is C20H20N4O3S. The van der Waals surface area contributed by atoms with Crippen LogP contribution in [0.5, 0.6) is 0 Å². The van der Waals surface area contributed by atoms with E-state index in [0.29, 0.717) is 31.0 Å². The summed E-state index contributed by atoms with van der Waals surface area (Å²) in [4.78, 5) is 36.2. The molecule has 0 aliphatic carbocycles. The van der Waals surface area contributed by atoms with Gasteiger partial charge in [0.1, 0.15) is 22.5 Å². The van der Waals surface area contributed by atoms with Gasteiger partial charge in [0.05, 0.1) is 11.9 Å². The second-order valence-electron chi connectivity index (χ2n) is 6.75. The molecule has 0 unspecified atom stereocenters. The van der Waals surface area contributed by atoms with Crippen molar-refractivity contribution in [1.29, 1.82) is 0 Å². The zero-order chi connectivity index (χ0) is 19.7. The van der Waals surface area contributed by atoms with Crippen LogP contribution in [-0.4, -0.2) is 51.0 Å². The van der Waals surface area contributed by atoms with Crippen LogP contribution in [0, 0.1) is 6.92 Å². The molecule has 0 saturated carbocycles. The largest absolute Gasteiger partial charge is 0.480 e. The molecule has 2 aromatic heterocycles. The third kappa shape index (κ3) is 3.55. The smallest absolute Gasteiger partial charge is 0.326 e. The summed E-state index contributed by atoms with van der Waals surface area (Å²) in [5, 5.41) is 13.2. The van der Waals surface area contributed by atoms with Crippen LogP contribution in [0.2, 0.25) is 0 Å². The topological polar surface area (TPSA) is 95.4 Å². The minimum absolute atomic E-state index is 0.00580. The molecule has 2 N–H and O–H groups in total. The third-order valence-corrected chi connectivity index (χ3v) is 5.91. The minimum atomic E-state index is -0.948. The highest BCUT2D eigenvalue weighted by molar-refractivity contribution is 7.21. The van der Waals surface area contributed by atoms with Crippen LogP contribution in [-0.2, 0) is 9.59 Å². The Kier molecular flexibility index (Phi) is 4.95. The van der Waals surface area contributed by atoms with E-state index in [1.807, 2.05) is 43.3 Å². The number of thiophene rings is 1. The van der Waals surface area contributed by atoms with E-state index in [4.69, 9.17) is 0 Å². The standard InChI is InChI=1S/C20H20N4O3S/c1-12-22-18(21-11-17(25)24-9-5-8-15(24)20(26)27)14-10-16(28-19(14)23-12)13-6-3-2-4-7-13/h2-4,6-7,10,15H,5,8-9,11H2,1H3,(H,26,27)(H,21,22,23)/t15-/m0/s1. The van der Waals surface area contributed by atoms with Crippen molar-refractivity contribution in [3.8, 4) is 10.4 Å². The van der Waals surface area contributed by atoms with Crippen LogP contribution in [0.3, 0.4) is 0 Å². The molecule has 1 amide bonds. The van der Waals surface area contributed by atoms with Crippen molar-refractivity contribution in [2.24, 2.45) is 0 Å². The van der Waals surface area contributed by atoms with E-state index >= 15 is 0 Å². The average molecular weight is 396 g/mol. The summed E-state index contributed by atoms with van der Waals surface area (Å²) in [6.07, 6.45) is 1.22. The Balaban J connectivity index is 1.57. The van der Waals surface area contributed by atoms with Gasteiger partial charge >= 0.3 is 5.97 Å². The number of hydrogen-bond donors (Lipinski definition) is 2. The van der Waals surface area contributed by atoms with Crippen LogP contribution in [0.25, 0.3) is 20.7 Å². The summed E-state index contributed by atoms with van der Waals surface area (Å²) in [7, 11) is 0. The number of carboxylic acid groups (broad SMARTS) is 1. The van der Waals surface area contributed by atoms with E-state index in [1.165, 1.54) is 4.90 Å². The predicted octanol–water partition coefficient (Wildman–Crippen LogP) is 3.15. The fourth-order valence-electron chi connectivity index (χ4n) is 3.49. The first kappa shape index (κ1) is 18.4. The molecule has 1 aromatic carbocycles. The van der Waals surface area contributed by atoms with Crippen LogP contribution in [0.1, 0.15) is 18.7 Å². The maximum Gasteiger partial charge on any atom is 0.326 e. The molecule has 4 rings (SSSR count). The van der Waals surface area contributed by atoms with Gasteiger partial charge in [-0.15, -0.1) is 11.3 Å². The van der Waals surface area contributed by atoms with Crippen LogP contribution in [0.15, 0.2) is 36.4 Å². The predicted molar refractivity (Wildman–Crippen MR) is 108 cm³/mol. The third-order valence-electron chi connectivity index (χ3n) is 4.83. The van der Waals surface area contributed by atoms with Crippen LogP contribution >= 0.6 is 11.3 Å². The number of fused-ring (bicyclic) bond motifs is 1. The monoisotopic (exact) mass is 396 g/mol. The number of benzene rings is 1. The SMILES string of the molecule is Cc1nc(NCC(=O)N2CCC[C@H]2C(=O)O)c2cc(-c3ccccc3)sc2n1. The van der Waals surface area contributed by atoms with Gasteiger partial charge in [-0.05, 0) is 31.4 Å². The summed E-state index contributed by atoms with van der Waals surface area (Å²) in [6.45, 7) is 2.30. The van der Waals surface area contributed by atoms with Gasteiger partial charge in [-0.3, -0.25) is 4.79 Å². The highest BCUT2D eigenvalue weighted by Crippen LogP contribution is 2.35. The Morgan fingerprint density at radius 1 is 1.29 bits per heavy atom. The maximum absolute atomic E-state index is 12.5. The Morgan fingerprint density at radius 3 is 2.82 bits per heavy atom. The summed E-state index contributed by atoms with van der Waals surface area (Å²) in [5.74, 6) is 0.0399. The number of aromatic nitrogens is 2. The van der Waals surface area contributed by atoms with Crippen molar-refractivity contribution < 1.29 is 14.7 Å². The molecule has 144 valence electrons. The average Bonchev–Trinajstić information content (AvgIpc) is 3.33. The van der Waals surface area contributed by atoms with Gasteiger partial charge in [-0.2, -0.15) is 0 Å². The lowest BCUT2D eigenvalue weighted by Gasteiger charge is -2.21. The van der Waals surface area contributed by atoms with Gasteiger partial charge in [-0.25, -0.2) is 14.8 Å². The normalized spacial score (nSPS) is 16.5. The van der Waals surface area contributed by atoms with Gasteiger partial charge in [0.2, 0.25) is 5.91 Å². The number of rotatable bonds is 5.